The van der Waals surface area contributed by atoms with Crippen molar-refractivity contribution in [3.05, 3.63) is 17.8 Å². The molecule has 1 aliphatic heterocycles. The molecule has 0 atom stereocenters. The lowest BCUT2D eigenvalue weighted by Gasteiger charge is -2.34. The first-order chi connectivity index (χ1) is 10.1. The first-order valence-corrected chi connectivity index (χ1v) is 7.69. The number of hydrogen-bond donors (Lipinski definition) is 1. The molecule has 1 aromatic heterocycles. The predicted octanol–water partition coefficient (Wildman–Crippen LogP) is 1.00. The zero-order valence-electron chi connectivity index (χ0n) is 13.2. The SMILES string of the molecule is CCN1CCN(c2ccc(C(=O)NCC(C)C)nn2)CC1. The quantitative estimate of drug-likeness (QED) is 0.877. The molecule has 1 N–H and O–H groups in total. The Kier molecular flexibility index (Phi) is 5.50. The van der Waals surface area contributed by atoms with E-state index in [-0.39, 0.29) is 5.91 Å². The summed E-state index contributed by atoms with van der Waals surface area (Å²) in [5, 5.41) is 11.1. The predicted molar refractivity (Wildman–Crippen MR) is 83.5 cm³/mol. The van der Waals surface area contributed by atoms with Gasteiger partial charge in [-0.15, -0.1) is 10.2 Å². The highest BCUT2D eigenvalue weighted by Crippen LogP contribution is 2.12. The van der Waals surface area contributed by atoms with Gasteiger partial charge in [-0.2, -0.15) is 0 Å². The van der Waals surface area contributed by atoms with Gasteiger partial charge in [0.2, 0.25) is 0 Å². The molecule has 116 valence electrons. The maximum Gasteiger partial charge on any atom is 0.271 e. The molecule has 0 spiro atoms. The molecule has 0 aliphatic carbocycles. The van der Waals surface area contributed by atoms with Crippen molar-refractivity contribution in [2.75, 3.05) is 44.2 Å². The second-order valence-corrected chi connectivity index (χ2v) is 5.80. The van der Waals surface area contributed by atoms with Crippen molar-refractivity contribution in [1.82, 2.24) is 20.4 Å². The van der Waals surface area contributed by atoms with Gasteiger partial charge in [0.25, 0.3) is 5.91 Å². The lowest BCUT2D eigenvalue weighted by Crippen LogP contribution is -2.46. The number of amides is 1. The molecule has 0 unspecified atom stereocenters. The Morgan fingerprint density at radius 3 is 2.48 bits per heavy atom. The van der Waals surface area contributed by atoms with Gasteiger partial charge < -0.3 is 15.1 Å². The third kappa shape index (κ3) is 4.39. The van der Waals surface area contributed by atoms with E-state index in [0.29, 0.717) is 18.2 Å². The van der Waals surface area contributed by atoms with E-state index in [1.165, 1.54) is 0 Å². The van der Waals surface area contributed by atoms with Crippen LogP contribution in [-0.4, -0.2) is 60.3 Å². The van der Waals surface area contributed by atoms with Gasteiger partial charge in [-0.3, -0.25) is 4.79 Å². The minimum absolute atomic E-state index is 0.154. The number of hydrogen-bond acceptors (Lipinski definition) is 5. The molecule has 1 fully saturated rings. The molecule has 1 aliphatic rings. The number of rotatable bonds is 5. The van der Waals surface area contributed by atoms with Crippen molar-refractivity contribution in [3.63, 3.8) is 0 Å². The summed E-state index contributed by atoms with van der Waals surface area (Å²) in [6, 6.07) is 3.64. The maximum atomic E-state index is 11.9. The summed E-state index contributed by atoms with van der Waals surface area (Å²) in [6.45, 7) is 12.1. The Balaban J connectivity index is 1.91. The molecule has 1 saturated heterocycles. The van der Waals surface area contributed by atoms with Crippen LogP contribution in [0.4, 0.5) is 5.82 Å². The van der Waals surface area contributed by atoms with E-state index in [1.54, 1.807) is 6.07 Å². The Bertz CT molecular complexity index is 452. The highest BCUT2D eigenvalue weighted by atomic mass is 16.1. The molecular weight excluding hydrogens is 266 g/mol. The van der Waals surface area contributed by atoms with Gasteiger partial charge in [0.05, 0.1) is 0 Å². The number of aromatic nitrogens is 2. The molecule has 0 bridgehead atoms. The van der Waals surface area contributed by atoms with Gasteiger partial charge >= 0.3 is 0 Å². The first-order valence-electron chi connectivity index (χ1n) is 7.69. The van der Waals surface area contributed by atoms with E-state index in [4.69, 9.17) is 0 Å². The third-order valence-corrected chi connectivity index (χ3v) is 3.70. The van der Waals surface area contributed by atoms with E-state index >= 15 is 0 Å². The molecule has 0 aromatic carbocycles. The number of carbonyl (C=O) groups is 1. The number of piperazine rings is 1. The minimum Gasteiger partial charge on any atom is -0.353 e. The monoisotopic (exact) mass is 291 g/mol. The number of carbonyl (C=O) groups excluding carboxylic acids is 1. The van der Waals surface area contributed by atoms with Crippen LogP contribution < -0.4 is 10.2 Å². The first kappa shape index (κ1) is 15.7. The van der Waals surface area contributed by atoms with Crippen LogP contribution in [0.2, 0.25) is 0 Å². The van der Waals surface area contributed by atoms with Crippen molar-refractivity contribution in [2.24, 2.45) is 5.92 Å². The largest absolute Gasteiger partial charge is 0.353 e. The summed E-state index contributed by atoms with van der Waals surface area (Å²) in [7, 11) is 0. The van der Waals surface area contributed by atoms with E-state index in [1.807, 2.05) is 6.07 Å². The van der Waals surface area contributed by atoms with Crippen LogP contribution >= 0.6 is 0 Å². The van der Waals surface area contributed by atoms with Gasteiger partial charge in [0, 0.05) is 32.7 Å². The zero-order valence-corrected chi connectivity index (χ0v) is 13.2. The lowest BCUT2D eigenvalue weighted by molar-refractivity contribution is 0.0943. The number of likely N-dealkylation sites (N-methyl/N-ethyl adjacent to an activating group) is 1. The summed E-state index contributed by atoms with van der Waals surface area (Å²) in [5.74, 6) is 1.13. The topological polar surface area (TPSA) is 61.4 Å². The summed E-state index contributed by atoms with van der Waals surface area (Å²) < 4.78 is 0. The molecule has 2 heterocycles. The molecule has 6 heteroatoms. The van der Waals surface area contributed by atoms with E-state index in [2.05, 4.69) is 46.1 Å². The van der Waals surface area contributed by atoms with E-state index < -0.39 is 0 Å². The van der Waals surface area contributed by atoms with E-state index in [0.717, 1.165) is 38.5 Å². The molecule has 21 heavy (non-hydrogen) atoms. The van der Waals surface area contributed by atoms with Gasteiger partial charge in [-0.05, 0) is 24.6 Å². The fourth-order valence-corrected chi connectivity index (χ4v) is 2.30. The number of nitrogens with one attached hydrogen (secondary N) is 1. The van der Waals surface area contributed by atoms with Crippen LogP contribution in [0.3, 0.4) is 0 Å². The molecule has 1 amide bonds. The fraction of sp³-hybridized carbons (Fsp3) is 0.667. The second-order valence-electron chi connectivity index (χ2n) is 5.80. The molecule has 1 aromatic rings. The van der Waals surface area contributed by atoms with E-state index in [9.17, 15) is 4.79 Å². The third-order valence-electron chi connectivity index (χ3n) is 3.70. The zero-order chi connectivity index (χ0) is 15.2. The fourth-order valence-electron chi connectivity index (χ4n) is 2.30. The maximum absolute atomic E-state index is 11.9. The van der Waals surface area contributed by atoms with Gasteiger partial charge in [0.1, 0.15) is 0 Å². The van der Waals surface area contributed by atoms with Crippen molar-refractivity contribution >= 4 is 11.7 Å². The molecule has 0 saturated carbocycles. The Labute approximate surface area is 126 Å². The summed E-state index contributed by atoms with van der Waals surface area (Å²) in [5.41, 5.74) is 0.381. The van der Waals surface area contributed by atoms with Crippen molar-refractivity contribution in [2.45, 2.75) is 20.8 Å². The van der Waals surface area contributed by atoms with Crippen LogP contribution in [-0.2, 0) is 0 Å². The van der Waals surface area contributed by atoms with Crippen LogP contribution in [0.15, 0.2) is 12.1 Å². The summed E-state index contributed by atoms with van der Waals surface area (Å²) in [4.78, 5) is 16.5. The minimum atomic E-state index is -0.154. The number of nitrogens with zero attached hydrogens (tertiary/aromatic N) is 4. The van der Waals surface area contributed by atoms with Crippen LogP contribution in [0.1, 0.15) is 31.3 Å². The highest BCUT2D eigenvalue weighted by Gasteiger charge is 2.17. The Morgan fingerprint density at radius 1 is 1.24 bits per heavy atom. The number of anilines is 1. The standard InChI is InChI=1S/C15H25N5O/c1-4-19-7-9-20(10-8-19)14-6-5-13(17-18-14)15(21)16-11-12(2)3/h5-6,12H,4,7-11H2,1-3H3,(H,16,21). The van der Waals surface area contributed by atoms with Crippen LogP contribution in [0.25, 0.3) is 0 Å². The Hall–Kier alpha value is -1.69. The second kappa shape index (κ2) is 7.36. The average molecular weight is 291 g/mol. The van der Waals surface area contributed by atoms with Crippen LogP contribution in [0, 0.1) is 5.92 Å². The molecule has 6 nitrogen and oxygen atoms in total. The molecule has 2 rings (SSSR count). The van der Waals surface area contributed by atoms with Crippen molar-refractivity contribution < 1.29 is 4.79 Å². The van der Waals surface area contributed by atoms with Gasteiger partial charge in [-0.1, -0.05) is 20.8 Å². The molecule has 0 radical (unpaired) electrons. The summed E-state index contributed by atoms with van der Waals surface area (Å²) in [6.07, 6.45) is 0. The average Bonchev–Trinajstić information content (AvgIpc) is 2.53. The lowest BCUT2D eigenvalue weighted by atomic mass is 10.2. The van der Waals surface area contributed by atoms with Gasteiger partial charge in [0.15, 0.2) is 11.5 Å². The smallest absolute Gasteiger partial charge is 0.271 e. The van der Waals surface area contributed by atoms with Crippen molar-refractivity contribution in [1.29, 1.82) is 0 Å². The molecular formula is C15H25N5O. The Morgan fingerprint density at radius 2 is 1.95 bits per heavy atom. The van der Waals surface area contributed by atoms with Crippen LogP contribution in [0.5, 0.6) is 0 Å². The summed E-state index contributed by atoms with van der Waals surface area (Å²) >= 11 is 0. The normalized spacial score (nSPS) is 16.3. The van der Waals surface area contributed by atoms with Crippen molar-refractivity contribution in [3.8, 4) is 0 Å². The highest BCUT2D eigenvalue weighted by molar-refractivity contribution is 5.92. The van der Waals surface area contributed by atoms with Gasteiger partial charge in [-0.25, -0.2) is 0 Å².